The maximum absolute atomic E-state index is 14.4. The smallest absolute Gasteiger partial charge is 0.411 e. The van der Waals surface area contributed by atoms with Gasteiger partial charge in [0.25, 0.3) is 0 Å². The first-order valence-corrected chi connectivity index (χ1v) is 8.66. The van der Waals surface area contributed by atoms with E-state index in [1.807, 2.05) is 0 Å². The number of ether oxygens (including phenoxy) is 1. The quantitative estimate of drug-likeness (QED) is 0.856. The Balaban J connectivity index is 2.09. The molecule has 144 valence electrons. The molecule has 0 aromatic heterocycles. The van der Waals surface area contributed by atoms with Crippen LogP contribution in [-0.4, -0.2) is 40.8 Å². The number of carbonyl (C=O) groups excluding carboxylic acids is 2. The van der Waals surface area contributed by atoms with E-state index in [0.29, 0.717) is 0 Å². The van der Waals surface area contributed by atoms with Crippen molar-refractivity contribution in [2.45, 2.75) is 58.0 Å². The highest BCUT2D eigenvalue weighted by molar-refractivity contribution is 6.30. The average Bonchev–Trinajstić information content (AvgIpc) is 2.83. The number of rotatable bonds is 3. The predicted molar refractivity (Wildman–Crippen MR) is 94.1 cm³/mol. The molecule has 2 rings (SSSR count). The molecule has 1 aliphatic rings. The summed E-state index contributed by atoms with van der Waals surface area (Å²) in [5.41, 5.74) is -2.27. The Morgan fingerprint density at radius 2 is 2.08 bits per heavy atom. The molecule has 1 aliphatic heterocycles. The summed E-state index contributed by atoms with van der Waals surface area (Å²) in [6.45, 7) is 6.03. The minimum atomic E-state index is -1.71. The fourth-order valence-electron chi connectivity index (χ4n) is 2.77. The van der Waals surface area contributed by atoms with Crippen LogP contribution in [0.15, 0.2) is 18.2 Å². The van der Waals surface area contributed by atoms with Crippen LogP contribution >= 0.6 is 11.6 Å². The lowest BCUT2D eigenvalue weighted by Gasteiger charge is -2.28. The lowest BCUT2D eigenvalue weighted by Crippen LogP contribution is -2.47. The zero-order valence-electron chi connectivity index (χ0n) is 15.2. The van der Waals surface area contributed by atoms with Crippen molar-refractivity contribution in [3.8, 4) is 0 Å². The Labute approximate surface area is 156 Å². The number of hydrogen-bond donors (Lipinski definition) is 1. The van der Waals surface area contributed by atoms with Crippen molar-refractivity contribution in [1.82, 2.24) is 10.2 Å². The van der Waals surface area contributed by atoms with Gasteiger partial charge in [0, 0.05) is 18.5 Å². The molecule has 2 atom stereocenters. The fraction of sp³-hybridized carbons (Fsp3) is 0.556. The maximum Gasteiger partial charge on any atom is 0.411 e. The summed E-state index contributed by atoms with van der Waals surface area (Å²) in [7, 11) is 0. The molecule has 0 aliphatic carbocycles. The molecule has 1 aromatic rings. The van der Waals surface area contributed by atoms with Gasteiger partial charge >= 0.3 is 6.09 Å². The summed E-state index contributed by atoms with van der Waals surface area (Å²) in [4.78, 5) is 25.9. The van der Waals surface area contributed by atoms with E-state index in [4.69, 9.17) is 16.3 Å². The summed E-state index contributed by atoms with van der Waals surface area (Å²) in [5.74, 6) is -1.20. The van der Waals surface area contributed by atoms with Gasteiger partial charge in [0.2, 0.25) is 5.91 Å². The molecule has 1 fully saturated rings. The number of amides is 2. The van der Waals surface area contributed by atoms with E-state index in [0.717, 1.165) is 4.90 Å². The number of likely N-dealkylation sites (tertiary alicyclic amines) is 1. The summed E-state index contributed by atoms with van der Waals surface area (Å²) >= 11 is 5.71. The molecule has 1 heterocycles. The molecule has 0 spiro atoms. The Hall–Kier alpha value is -1.89. The highest BCUT2D eigenvalue weighted by atomic mass is 35.5. The van der Waals surface area contributed by atoms with E-state index < -0.39 is 35.1 Å². The molecule has 0 radical (unpaired) electrons. The number of halogens is 3. The first-order valence-electron chi connectivity index (χ1n) is 8.29. The summed E-state index contributed by atoms with van der Waals surface area (Å²) in [6, 6.07) is 3.43. The van der Waals surface area contributed by atoms with Gasteiger partial charge in [-0.15, -0.1) is 0 Å². The SMILES string of the molecule is CC(C)(C)OC(=O)N1C[C@](C)(F)C[C@H]1C(=O)NCc1cccc(Cl)c1F. The van der Waals surface area contributed by atoms with Crippen LogP contribution in [0.2, 0.25) is 5.02 Å². The zero-order chi connectivity index (χ0) is 19.7. The van der Waals surface area contributed by atoms with Crippen molar-refractivity contribution in [3.63, 3.8) is 0 Å². The van der Waals surface area contributed by atoms with Crippen LogP contribution in [-0.2, 0) is 16.1 Å². The minimum Gasteiger partial charge on any atom is -0.444 e. The van der Waals surface area contributed by atoms with Crippen LogP contribution in [0.5, 0.6) is 0 Å². The highest BCUT2D eigenvalue weighted by Gasteiger charge is 2.47. The Morgan fingerprint density at radius 1 is 1.42 bits per heavy atom. The van der Waals surface area contributed by atoms with Crippen LogP contribution in [0.1, 0.15) is 39.7 Å². The third-order valence-electron chi connectivity index (χ3n) is 3.91. The first kappa shape index (κ1) is 20.4. The molecule has 5 nitrogen and oxygen atoms in total. The molecule has 0 unspecified atom stereocenters. The number of alkyl halides is 1. The van der Waals surface area contributed by atoms with Crippen molar-refractivity contribution in [2.24, 2.45) is 0 Å². The third-order valence-corrected chi connectivity index (χ3v) is 4.20. The topological polar surface area (TPSA) is 58.6 Å². The van der Waals surface area contributed by atoms with E-state index >= 15 is 0 Å². The van der Waals surface area contributed by atoms with Gasteiger partial charge in [-0.05, 0) is 33.8 Å². The lowest BCUT2D eigenvalue weighted by molar-refractivity contribution is -0.125. The predicted octanol–water partition coefficient (Wildman–Crippen LogP) is 3.83. The number of nitrogens with zero attached hydrogens (tertiary/aromatic N) is 1. The van der Waals surface area contributed by atoms with Gasteiger partial charge in [0.15, 0.2) is 0 Å². The van der Waals surface area contributed by atoms with Gasteiger partial charge in [-0.1, -0.05) is 23.7 Å². The zero-order valence-corrected chi connectivity index (χ0v) is 16.0. The van der Waals surface area contributed by atoms with E-state index in [1.165, 1.54) is 19.1 Å². The normalized spacial score (nSPS) is 23.0. The largest absolute Gasteiger partial charge is 0.444 e. The van der Waals surface area contributed by atoms with Crippen LogP contribution < -0.4 is 5.32 Å². The second-order valence-electron chi connectivity index (χ2n) is 7.67. The van der Waals surface area contributed by atoms with E-state index in [1.54, 1.807) is 26.8 Å². The van der Waals surface area contributed by atoms with Crippen molar-refractivity contribution in [2.75, 3.05) is 6.54 Å². The Morgan fingerprint density at radius 3 is 2.69 bits per heavy atom. The van der Waals surface area contributed by atoms with Gasteiger partial charge in [0.1, 0.15) is 23.1 Å². The second kappa shape index (κ2) is 7.39. The molecule has 1 N–H and O–H groups in total. The Kier molecular flexibility index (Phi) is 5.80. The Bertz CT molecular complexity index is 704. The van der Waals surface area contributed by atoms with Crippen LogP contribution in [0.25, 0.3) is 0 Å². The molecule has 2 amide bonds. The monoisotopic (exact) mass is 388 g/mol. The number of hydrogen-bond acceptors (Lipinski definition) is 3. The van der Waals surface area contributed by atoms with Gasteiger partial charge in [0.05, 0.1) is 11.6 Å². The van der Waals surface area contributed by atoms with Gasteiger partial charge in [-0.25, -0.2) is 13.6 Å². The molecular weight excluding hydrogens is 366 g/mol. The summed E-state index contributed by atoms with van der Waals surface area (Å²) in [6.07, 6.45) is -0.913. The van der Waals surface area contributed by atoms with Gasteiger partial charge in [-0.2, -0.15) is 0 Å². The number of benzene rings is 1. The molecule has 8 heteroatoms. The maximum atomic E-state index is 14.4. The van der Waals surface area contributed by atoms with Gasteiger partial charge < -0.3 is 10.1 Å². The van der Waals surface area contributed by atoms with E-state index in [-0.39, 0.29) is 30.1 Å². The first-order chi connectivity index (χ1) is 11.9. The van der Waals surface area contributed by atoms with Crippen molar-refractivity contribution in [3.05, 3.63) is 34.6 Å². The van der Waals surface area contributed by atoms with Crippen molar-refractivity contribution in [1.29, 1.82) is 0 Å². The molecule has 0 bridgehead atoms. The molecule has 26 heavy (non-hydrogen) atoms. The molecular formula is C18H23ClF2N2O3. The van der Waals surface area contributed by atoms with Crippen molar-refractivity contribution < 1.29 is 23.1 Å². The highest BCUT2D eigenvalue weighted by Crippen LogP contribution is 2.31. The fourth-order valence-corrected chi connectivity index (χ4v) is 2.97. The van der Waals surface area contributed by atoms with Crippen LogP contribution in [0.3, 0.4) is 0 Å². The van der Waals surface area contributed by atoms with E-state index in [9.17, 15) is 18.4 Å². The second-order valence-corrected chi connectivity index (χ2v) is 8.08. The number of carbonyl (C=O) groups is 2. The van der Waals surface area contributed by atoms with Crippen LogP contribution in [0.4, 0.5) is 13.6 Å². The number of nitrogens with one attached hydrogen (secondary N) is 1. The minimum absolute atomic E-state index is 0.0515. The van der Waals surface area contributed by atoms with Gasteiger partial charge in [-0.3, -0.25) is 9.69 Å². The van der Waals surface area contributed by atoms with Crippen molar-refractivity contribution >= 4 is 23.6 Å². The molecule has 1 aromatic carbocycles. The van der Waals surface area contributed by atoms with Crippen LogP contribution in [0, 0.1) is 5.82 Å². The lowest BCUT2D eigenvalue weighted by atomic mass is 10.0. The molecule has 1 saturated heterocycles. The average molecular weight is 389 g/mol. The molecule has 0 saturated carbocycles. The summed E-state index contributed by atoms with van der Waals surface area (Å²) < 4.78 is 33.6. The standard InChI is InChI=1S/C18H23ClF2N2O3/c1-17(2,3)26-16(25)23-10-18(4,21)8-13(23)15(24)22-9-11-6-5-7-12(19)14(11)20/h5-7,13H,8-10H2,1-4H3,(H,22,24)/t13-,18+/m0/s1. The van der Waals surface area contributed by atoms with E-state index in [2.05, 4.69) is 5.32 Å². The summed E-state index contributed by atoms with van der Waals surface area (Å²) in [5, 5.41) is 2.49. The third kappa shape index (κ3) is 5.06.